The average molecular weight is 316 g/mol. The smallest absolute Gasteiger partial charge is 0.260 e. The molecule has 1 unspecified atom stereocenters. The number of carbonyl (C=O) groups excluding carboxylic acids is 1. The first kappa shape index (κ1) is 15.0. The van der Waals surface area contributed by atoms with Gasteiger partial charge in [-0.2, -0.15) is 0 Å². The van der Waals surface area contributed by atoms with Crippen molar-refractivity contribution in [1.82, 2.24) is 5.32 Å². The highest BCUT2D eigenvalue weighted by molar-refractivity contribution is 9.10. The van der Waals surface area contributed by atoms with Gasteiger partial charge in [-0.05, 0) is 45.0 Å². The zero-order valence-electron chi connectivity index (χ0n) is 10.7. The van der Waals surface area contributed by atoms with Gasteiger partial charge in [0.1, 0.15) is 5.75 Å². The normalized spacial score (nSPS) is 12.9. The molecule has 1 aromatic carbocycles. The lowest BCUT2D eigenvalue weighted by molar-refractivity contribution is -0.128. The van der Waals surface area contributed by atoms with Crippen molar-refractivity contribution in [1.29, 1.82) is 0 Å². The van der Waals surface area contributed by atoms with Crippen LogP contribution in [0.4, 0.5) is 0 Å². The maximum absolute atomic E-state index is 11.7. The molecule has 5 heteroatoms. The van der Waals surface area contributed by atoms with Gasteiger partial charge in [-0.25, -0.2) is 0 Å². The predicted octanol–water partition coefficient (Wildman–Crippen LogP) is 2.10. The van der Waals surface area contributed by atoms with Crippen LogP contribution in [0.2, 0.25) is 0 Å². The van der Waals surface area contributed by atoms with Crippen LogP contribution in [0.25, 0.3) is 0 Å². The monoisotopic (exact) mass is 315 g/mol. The van der Waals surface area contributed by atoms with E-state index >= 15 is 0 Å². The van der Waals surface area contributed by atoms with Crippen LogP contribution in [-0.4, -0.2) is 29.3 Å². The molecule has 1 atom stereocenters. The summed E-state index contributed by atoms with van der Waals surface area (Å²) >= 11 is 3.32. The average Bonchev–Trinajstić information content (AvgIpc) is 2.28. The molecule has 4 nitrogen and oxygen atoms in total. The third-order valence-corrected chi connectivity index (χ3v) is 2.72. The highest BCUT2D eigenvalue weighted by Crippen LogP contribution is 2.17. The third-order valence-electron chi connectivity index (χ3n) is 2.19. The van der Waals surface area contributed by atoms with Gasteiger partial charge in [0, 0.05) is 11.0 Å². The molecule has 0 saturated carbocycles. The lowest BCUT2D eigenvalue weighted by Gasteiger charge is -2.20. The molecule has 0 heterocycles. The van der Waals surface area contributed by atoms with Gasteiger partial charge in [-0.3, -0.25) is 4.79 Å². The molecular formula is C13H18BrNO3. The van der Waals surface area contributed by atoms with Crippen LogP contribution in [0.5, 0.6) is 5.75 Å². The molecule has 100 valence electrons. The maximum Gasteiger partial charge on any atom is 0.260 e. The second-order valence-electron chi connectivity index (χ2n) is 4.74. The largest absolute Gasteiger partial charge is 0.481 e. The summed E-state index contributed by atoms with van der Waals surface area (Å²) in [4.78, 5) is 11.7. The number of hydrogen-bond donors (Lipinski definition) is 2. The number of rotatable bonds is 5. The second kappa shape index (κ2) is 6.20. The summed E-state index contributed by atoms with van der Waals surface area (Å²) in [5.41, 5.74) is -0.924. The van der Waals surface area contributed by atoms with Crippen LogP contribution in [-0.2, 0) is 4.79 Å². The van der Waals surface area contributed by atoms with Gasteiger partial charge >= 0.3 is 0 Å². The van der Waals surface area contributed by atoms with Gasteiger partial charge in [0.2, 0.25) is 0 Å². The van der Waals surface area contributed by atoms with Crippen molar-refractivity contribution in [3.05, 3.63) is 28.7 Å². The highest BCUT2D eigenvalue weighted by atomic mass is 79.9. The Bertz CT molecular complexity index is 398. The maximum atomic E-state index is 11.7. The zero-order chi connectivity index (χ0) is 13.8. The SMILES string of the molecule is CC(Oc1ccc(Br)cc1)C(=O)NCC(C)(C)O. The molecule has 0 bridgehead atoms. The summed E-state index contributed by atoms with van der Waals surface area (Å²) in [6, 6.07) is 7.25. The molecule has 0 aliphatic carbocycles. The number of nitrogens with one attached hydrogen (secondary N) is 1. The number of hydrogen-bond acceptors (Lipinski definition) is 3. The fourth-order valence-corrected chi connectivity index (χ4v) is 1.48. The van der Waals surface area contributed by atoms with Crippen molar-refractivity contribution < 1.29 is 14.6 Å². The van der Waals surface area contributed by atoms with E-state index in [2.05, 4.69) is 21.2 Å². The fourth-order valence-electron chi connectivity index (χ4n) is 1.22. The highest BCUT2D eigenvalue weighted by Gasteiger charge is 2.18. The number of aliphatic hydroxyl groups is 1. The zero-order valence-corrected chi connectivity index (χ0v) is 12.3. The first-order valence-corrected chi connectivity index (χ1v) is 6.49. The lowest BCUT2D eigenvalue weighted by atomic mass is 10.1. The number of amides is 1. The topological polar surface area (TPSA) is 58.6 Å². The summed E-state index contributed by atoms with van der Waals surface area (Å²) in [5, 5.41) is 12.1. The first-order chi connectivity index (χ1) is 8.28. The molecule has 0 aliphatic rings. The van der Waals surface area contributed by atoms with E-state index in [-0.39, 0.29) is 12.5 Å². The third kappa shape index (κ3) is 5.51. The Labute approximate surface area is 115 Å². The van der Waals surface area contributed by atoms with Crippen LogP contribution in [0, 0.1) is 0 Å². The molecule has 0 fully saturated rings. The Morgan fingerprint density at radius 2 is 2.00 bits per heavy atom. The quantitative estimate of drug-likeness (QED) is 0.875. The van der Waals surface area contributed by atoms with Crippen molar-refractivity contribution in [3.8, 4) is 5.75 Å². The molecule has 2 N–H and O–H groups in total. The Morgan fingerprint density at radius 3 is 2.50 bits per heavy atom. The molecule has 1 amide bonds. The minimum absolute atomic E-state index is 0.194. The molecule has 18 heavy (non-hydrogen) atoms. The van der Waals surface area contributed by atoms with Gasteiger partial charge in [0.15, 0.2) is 6.10 Å². The van der Waals surface area contributed by atoms with E-state index in [1.807, 2.05) is 12.1 Å². The van der Waals surface area contributed by atoms with Crippen molar-refractivity contribution in [2.24, 2.45) is 0 Å². The number of ether oxygens (including phenoxy) is 1. The van der Waals surface area contributed by atoms with Gasteiger partial charge in [-0.15, -0.1) is 0 Å². The van der Waals surface area contributed by atoms with Crippen LogP contribution in [0.1, 0.15) is 20.8 Å². The Balaban J connectivity index is 2.47. The van der Waals surface area contributed by atoms with Crippen molar-refractivity contribution in [3.63, 3.8) is 0 Å². The molecule has 0 spiro atoms. The predicted molar refractivity (Wildman–Crippen MR) is 73.5 cm³/mol. The first-order valence-electron chi connectivity index (χ1n) is 5.70. The van der Waals surface area contributed by atoms with Crippen LogP contribution >= 0.6 is 15.9 Å². The van der Waals surface area contributed by atoms with E-state index in [1.54, 1.807) is 32.9 Å². The van der Waals surface area contributed by atoms with Gasteiger partial charge in [0.05, 0.1) is 5.60 Å². The summed E-state index contributed by atoms with van der Waals surface area (Å²) in [6.45, 7) is 5.13. The number of halogens is 1. The van der Waals surface area contributed by atoms with E-state index in [4.69, 9.17) is 4.74 Å². The molecule has 0 aromatic heterocycles. The van der Waals surface area contributed by atoms with Crippen LogP contribution < -0.4 is 10.1 Å². The van der Waals surface area contributed by atoms with Gasteiger partial charge in [-0.1, -0.05) is 15.9 Å². The van der Waals surface area contributed by atoms with Gasteiger partial charge in [0.25, 0.3) is 5.91 Å². The lowest BCUT2D eigenvalue weighted by Crippen LogP contribution is -2.43. The van der Waals surface area contributed by atoms with E-state index < -0.39 is 11.7 Å². The standard InChI is InChI=1S/C13H18BrNO3/c1-9(12(16)15-8-13(2,3)17)18-11-6-4-10(14)5-7-11/h4-7,9,17H,8H2,1-3H3,(H,15,16). The summed E-state index contributed by atoms with van der Waals surface area (Å²) in [7, 11) is 0. The molecule has 0 radical (unpaired) electrons. The number of benzene rings is 1. The Morgan fingerprint density at radius 1 is 1.44 bits per heavy atom. The number of carbonyl (C=O) groups is 1. The van der Waals surface area contributed by atoms with Crippen molar-refractivity contribution in [2.45, 2.75) is 32.5 Å². The summed E-state index contributed by atoms with van der Waals surface area (Å²) in [5.74, 6) is 0.379. The summed E-state index contributed by atoms with van der Waals surface area (Å²) in [6.07, 6.45) is -0.603. The second-order valence-corrected chi connectivity index (χ2v) is 5.66. The molecule has 1 aromatic rings. The van der Waals surface area contributed by atoms with E-state index in [1.165, 1.54) is 0 Å². The van der Waals surface area contributed by atoms with E-state index in [0.29, 0.717) is 5.75 Å². The molecule has 0 aliphatic heterocycles. The minimum Gasteiger partial charge on any atom is -0.481 e. The van der Waals surface area contributed by atoms with Crippen molar-refractivity contribution >= 4 is 21.8 Å². The molecule has 1 rings (SSSR count). The minimum atomic E-state index is -0.924. The van der Waals surface area contributed by atoms with E-state index in [0.717, 1.165) is 4.47 Å². The van der Waals surface area contributed by atoms with Gasteiger partial charge < -0.3 is 15.2 Å². The summed E-state index contributed by atoms with van der Waals surface area (Å²) < 4.78 is 6.43. The van der Waals surface area contributed by atoms with Crippen LogP contribution in [0.15, 0.2) is 28.7 Å². The Hall–Kier alpha value is -1.07. The Kier molecular flexibility index (Phi) is 5.16. The van der Waals surface area contributed by atoms with E-state index in [9.17, 15) is 9.90 Å². The molecular weight excluding hydrogens is 298 g/mol. The van der Waals surface area contributed by atoms with Crippen molar-refractivity contribution in [2.75, 3.05) is 6.54 Å². The molecule has 0 saturated heterocycles. The fraction of sp³-hybridized carbons (Fsp3) is 0.462. The van der Waals surface area contributed by atoms with Crippen LogP contribution in [0.3, 0.4) is 0 Å².